The standard InChI is InChI=1S/C22H36N4O7/c1-12-9-21(29,11-26-8-6-13-5-4-7-25-10-13)22(30)20(31-12)32-19-17(28)14(23-2)16(27)15(24-3)18(19)33-22/h4-5,7,10,12,14-20,23-24,26-30H,6,8-9,11H2,1-3H3. The van der Waals surface area contributed by atoms with Crippen molar-refractivity contribution < 1.29 is 34.6 Å². The number of rotatable bonds is 7. The highest BCUT2D eigenvalue weighted by molar-refractivity contribution is 5.13. The summed E-state index contributed by atoms with van der Waals surface area (Å²) in [5.41, 5.74) is -0.682. The highest BCUT2D eigenvalue weighted by atomic mass is 16.8. The minimum Gasteiger partial charge on any atom is -0.390 e. The Hall–Kier alpha value is -1.25. The maximum atomic E-state index is 11.6. The van der Waals surface area contributed by atoms with Gasteiger partial charge in [-0.05, 0) is 45.6 Å². The van der Waals surface area contributed by atoms with Crippen LogP contribution in [0, 0.1) is 0 Å². The first-order valence-corrected chi connectivity index (χ1v) is 11.5. The molecule has 3 fully saturated rings. The molecule has 2 saturated heterocycles. The molecule has 0 spiro atoms. The van der Waals surface area contributed by atoms with E-state index < -0.39 is 60.3 Å². The van der Waals surface area contributed by atoms with Gasteiger partial charge in [-0.3, -0.25) is 4.98 Å². The molecule has 10 unspecified atom stereocenters. The van der Waals surface area contributed by atoms with Crippen LogP contribution in [0.25, 0.3) is 0 Å². The van der Waals surface area contributed by atoms with Gasteiger partial charge in [0, 0.05) is 25.4 Å². The summed E-state index contributed by atoms with van der Waals surface area (Å²) in [7, 11) is 3.29. The molecular weight excluding hydrogens is 432 g/mol. The zero-order chi connectivity index (χ0) is 23.8. The molecule has 1 aromatic heterocycles. The van der Waals surface area contributed by atoms with Gasteiger partial charge in [-0.2, -0.15) is 0 Å². The van der Waals surface area contributed by atoms with Crippen LogP contribution in [0.1, 0.15) is 18.9 Å². The second-order valence-electron chi connectivity index (χ2n) is 9.29. The van der Waals surface area contributed by atoms with Gasteiger partial charge in [-0.15, -0.1) is 0 Å². The second-order valence-corrected chi connectivity index (χ2v) is 9.29. The first kappa shape index (κ1) is 24.9. The van der Waals surface area contributed by atoms with Crippen molar-refractivity contribution >= 4 is 0 Å². The molecule has 1 saturated carbocycles. The number of pyridine rings is 1. The molecule has 0 aromatic carbocycles. The van der Waals surface area contributed by atoms with Crippen molar-refractivity contribution in [2.24, 2.45) is 0 Å². The van der Waals surface area contributed by atoms with Gasteiger partial charge in [-0.1, -0.05) is 6.07 Å². The molecule has 10 atom stereocenters. The molecule has 186 valence electrons. The van der Waals surface area contributed by atoms with Gasteiger partial charge >= 0.3 is 0 Å². The van der Waals surface area contributed by atoms with Crippen molar-refractivity contribution in [2.75, 3.05) is 27.2 Å². The highest BCUT2D eigenvalue weighted by Crippen LogP contribution is 2.46. The Bertz CT molecular complexity index is 791. The van der Waals surface area contributed by atoms with E-state index in [0.717, 1.165) is 5.56 Å². The zero-order valence-electron chi connectivity index (χ0n) is 19.2. The normalized spacial score (nSPS) is 45.3. The summed E-state index contributed by atoms with van der Waals surface area (Å²) < 4.78 is 17.9. The predicted octanol–water partition coefficient (Wildman–Crippen LogP) is -2.54. The Kier molecular flexibility index (Phi) is 7.37. The van der Waals surface area contributed by atoms with E-state index in [2.05, 4.69) is 20.9 Å². The van der Waals surface area contributed by atoms with Gasteiger partial charge in [0.05, 0.1) is 24.3 Å². The lowest BCUT2D eigenvalue weighted by molar-refractivity contribution is -0.482. The summed E-state index contributed by atoms with van der Waals surface area (Å²) in [5.74, 6) is -2.21. The summed E-state index contributed by atoms with van der Waals surface area (Å²) >= 11 is 0. The molecular formula is C22H36N4O7. The minimum atomic E-state index is -2.21. The molecule has 1 aromatic rings. The molecule has 3 aliphatic rings. The maximum Gasteiger partial charge on any atom is 0.249 e. The van der Waals surface area contributed by atoms with E-state index in [1.54, 1.807) is 33.4 Å². The Labute approximate surface area is 193 Å². The van der Waals surface area contributed by atoms with Crippen molar-refractivity contribution in [3.63, 3.8) is 0 Å². The first-order chi connectivity index (χ1) is 15.7. The molecule has 11 nitrogen and oxygen atoms in total. The third kappa shape index (κ3) is 4.43. The predicted molar refractivity (Wildman–Crippen MR) is 117 cm³/mol. The van der Waals surface area contributed by atoms with Gasteiger partial charge in [0.15, 0.2) is 0 Å². The van der Waals surface area contributed by atoms with Gasteiger partial charge in [0.25, 0.3) is 0 Å². The fraction of sp³-hybridized carbons (Fsp3) is 0.773. The zero-order valence-corrected chi connectivity index (χ0v) is 19.2. The van der Waals surface area contributed by atoms with E-state index in [4.69, 9.17) is 14.2 Å². The summed E-state index contributed by atoms with van der Waals surface area (Å²) in [6.45, 7) is 2.37. The number of nitrogens with zero attached hydrogens (tertiary/aromatic N) is 1. The Morgan fingerprint density at radius 3 is 2.52 bits per heavy atom. The van der Waals surface area contributed by atoms with Crippen molar-refractivity contribution in [2.45, 2.75) is 80.0 Å². The molecule has 3 heterocycles. The Morgan fingerprint density at radius 2 is 1.85 bits per heavy atom. The lowest BCUT2D eigenvalue weighted by Gasteiger charge is -2.60. The SMILES string of the molecule is CNC1C(O)C(NC)C2OC3(O)C(OC(C)CC3(O)CNCCc3cccnc3)OC2C1O. The molecule has 1 aliphatic carbocycles. The van der Waals surface area contributed by atoms with E-state index in [9.17, 15) is 20.4 Å². The molecule has 0 amide bonds. The number of aromatic nitrogens is 1. The smallest absolute Gasteiger partial charge is 0.249 e. The van der Waals surface area contributed by atoms with Gasteiger partial charge < -0.3 is 50.6 Å². The van der Waals surface area contributed by atoms with Crippen LogP contribution in [-0.4, -0.2) is 113 Å². The van der Waals surface area contributed by atoms with Crippen LogP contribution in [0.2, 0.25) is 0 Å². The quantitative estimate of drug-likeness (QED) is 0.212. The van der Waals surface area contributed by atoms with Gasteiger partial charge in [-0.25, -0.2) is 0 Å². The van der Waals surface area contributed by atoms with E-state index in [1.165, 1.54) is 0 Å². The lowest BCUT2D eigenvalue weighted by atomic mass is 9.77. The summed E-state index contributed by atoms with van der Waals surface area (Å²) in [6, 6.07) is 2.50. The first-order valence-electron chi connectivity index (χ1n) is 11.5. The van der Waals surface area contributed by atoms with E-state index in [0.29, 0.717) is 13.0 Å². The van der Waals surface area contributed by atoms with E-state index >= 15 is 0 Å². The number of aliphatic hydroxyl groups excluding tert-OH is 2. The van der Waals surface area contributed by atoms with Crippen molar-refractivity contribution in [3.8, 4) is 0 Å². The minimum absolute atomic E-state index is 0.0309. The van der Waals surface area contributed by atoms with Gasteiger partial charge in [0.2, 0.25) is 12.1 Å². The summed E-state index contributed by atoms with van der Waals surface area (Å²) in [6.07, 6.45) is -1.38. The van der Waals surface area contributed by atoms with Crippen LogP contribution in [0.15, 0.2) is 24.5 Å². The molecule has 33 heavy (non-hydrogen) atoms. The van der Waals surface area contributed by atoms with Crippen LogP contribution in [0.3, 0.4) is 0 Å². The third-order valence-electron chi connectivity index (χ3n) is 7.08. The lowest BCUT2D eigenvalue weighted by Crippen LogP contribution is -2.81. The monoisotopic (exact) mass is 468 g/mol. The maximum absolute atomic E-state index is 11.6. The van der Waals surface area contributed by atoms with Gasteiger partial charge in [0.1, 0.15) is 23.9 Å². The number of hydrogen-bond donors (Lipinski definition) is 7. The third-order valence-corrected chi connectivity index (χ3v) is 7.08. The van der Waals surface area contributed by atoms with Crippen molar-refractivity contribution in [1.82, 2.24) is 20.9 Å². The molecule has 7 N–H and O–H groups in total. The summed E-state index contributed by atoms with van der Waals surface area (Å²) in [5, 5.41) is 53.9. The van der Waals surface area contributed by atoms with Crippen LogP contribution in [0.5, 0.6) is 0 Å². The molecule has 4 rings (SSSR count). The molecule has 0 bridgehead atoms. The molecule has 0 radical (unpaired) electrons. The fourth-order valence-corrected chi connectivity index (χ4v) is 5.30. The van der Waals surface area contributed by atoms with E-state index in [-0.39, 0.29) is 13.0 Å². The topological polar surface area (TPSA) is 158 Å². The van der Waals surface area contributed by atoms with Crippen molar-refractivity contribution in [3.05, 3.63) is 30.1 Å². The summed E-state index contributed by atoms with van der Waals surface area (Å²) in [4.78, 5) is 4.10. The number of likely N-dealkylation sites (N-methyl/N-ethyl adjacent to an activating group) is 2. The van der Waals surface area contributed by atoms with Crippen LogP contribution in [0.4, 0.5) is 0 Å². The highest BCUT2D eigenvalue weighted by Gasteiger charge is 2.68. The fourth-order valence-electron chi connectivity index (χ4n) is 5.30. The largest absolute Gasteiger partial charge is 0.390 e. The Morgan fingerprint density at radius 1 is 1.09 bits per heavy atom. The molecule has 11 heteroatoms. The number of aliphatic hydroxyl groups is 4. The average Bonchev–Trinajstić information content (AvgIpc) is 2.78. The average molecular weight is 469 g/mol. The van der Waals surface area contributed by atoms with E-state index in [1.807, 2.05) is 12.1 Å². The van der Waals surface area contributed by atoms with Crippen molar-refractivity contribution in [1.29, 1.82) is 0 Å². The van der Waals surface area contributed by atoms with Crippen LogP contribution in [-0.2, 0) is 20.6 Å². The number of hydrogen-bond acceptors (Lipinski definition) is 11. The molecule has 2 aliphatic heterocycles. The van der Waals surface area contributed by atoms with Crippen LogP contribution >= 0.6 is 0 Å². The second kappa shape index (κ2) is 9.78. The van der Waals surface area contributed by atoms with Crippen LogP contribution < -0.4 is 16.0 Å². The number of ether oxygens (including phenoxy) is 3. The number of nitrogens with one attached hydrogen (secondary N) is 3. The Balaban J connectivity index is 1.52. The number of fused-ring (bicyclic) bond motifs is 2.